The second kappa shape index (κ2) is 11.8. The molecular weight excluding hydrogens is 574 g/mol. The number of carbonyl (C=O) groups excluding carboxylic acids is 1. The molecule has 1 saturated carbocycles. The van der Waals surface area contributed by atoms with E-state index in [2.05, 4.69) is 44.0 Å². The smallest absolute Gasteiger partial charge is 0.282 e. The number of nitrogens with zero attached hydrogens (tertiary/aromatic N) is 5. The number of halogens is 4. The van der Waals surface area contributed by atoms with E-state index < -0.39 is 30.0 Å². The Kier molecular flexibility index (Phi) is 7.91. The molecule has 8 nitrogen and oxygen atoms in total. The van der Waals surface area contributed by atoms with Gasteiger partial charge in [-0.1, -0.05) is 6.92 Å². The Morgan fingerprint density at radius 1 is 1.25 bits per heavy atom. The third-order valence-electron chi connectivity index (χ3n) is 8.71. The van der Waals surface area contributed by atoms with Gasteiger partial charge in [0.05, 0.1) is 11.7 Å². The predicted molar refractivity (Wildman–Crippen MR) is 157 cm³/mol. The van der Waals surface area contributed by atoms with Crippen LogP contribution in [0.15, 0.2) is 48.0 Å². The fraction of sp³-hybridized carbons (Fsp3) is 0.344. The summed E-state index contributed by atoms with van der Waals surface area (Å²) in [5, 5.41) is 7.14. The van der Waals surface area contributed by atoms with E-state index in [1.165, 1.54) is 23.1 Å². The van der Waals surface area contributed by atoms with Crippen LogP contribution in [0, 0.1) is 23.5 Å². The molecule has 1 aromatic carbocycles. The first-order chi connectivity index (χ1) is 21.1. The zero-order valence-electron chi connectivity index (χ0n) is 24.2. The molecule has 0 saturated heterocycles. The van der Waals surface area contributed by atoms with Crippen molar-refractivity contribution in [3.8, 4) is 0 Å². The lowest BCUT2D eigenvalue weighted by molar-refractivity contribution is -0.122. The van der Waals surface area contributed by atoms with Crippen LogP contribution in [0.1, 0.15) is 78.0 Å². The summed E-state index contributed by atoms with van der Waals surface area (Å²) >= 11 is 0. The van der Waals surface area contributed by atoms with Crippen LogP contribution < -0.4 is 5.32 Å². The number of hydrogen-bond donors (Lipinski definition) is 2. The Labute approximate surface area is 251 Å². The highest BCUT2D eigenvalue weighted by Crippen LogP contribution is 2.60. The standard InChI is InChI=1S/C32H31F4N7O/c1-16(8-19-6-7-39-32(19)37-3)24-13-38-15-40-28(24)25(11-18-9-20(33)12-21(34)10-18)41-26(44)14-43-30-23(29(42-43)31(35)36)5-4-22-17(2)27(22)30/h6-10,12-13,15,17,22,25,27,31,39H,3-5,11,14H2,1-2H3,(H,41,44)/b16-8+/t17-,22+,25+,27-/m1/s1. The Hall–Kier alpha value is -4.61. The van der Waals surface area contributed by atoms with Gasteiger partial charge in [0, 0.05) is 46.8 Å². The first kappa shape index (κ1) is 29.5. The molecule has 0 unspecified atom stereocenters. The first-order valence-electron chi connectivity index (χ1n) is 14.4. The zero-order chi connectivity index (χ0) is 31.1. The van der Waals surface area contributed by atoms with Crippen LogP contribution in [-0.2, 0) is 24.2 Å². The van der Waals surface area contributed by atoms with Crippen LogP contribution in [0.25, 0.3) is 11.6 Å². The van der Waals surface area contributed by atoms with Gasteiger partial charge in [0.15, 0.2) is 0 Å². The van der Waals surface area contributed by atoms with Gasteiger partial charge in [0.25, 0.3) is 6.43 Å². The average Bonchev–Trinajstić information content (AvgIpc) is 3.28. The van der Waals surface area contributed by atoms with Crippen LogP contribution in [0.5, 0.6) is 0 Å². The number of fused-ring (bicyclic) bond motifs is 3. The molecule has 228 valence electrons. The number of allylic oxidation sites excluding steroid dienone is 1. The van der Waals surface area contributed by atoms with Gasteiger partial charge < -0.3 is 10.3 Å². The fourth-order valence-electron chi connectivity index (χ4n) is 6.62. The number of benzene rings is 1. The molecule has 2 N–H and O–H groups in total. The monoisotopic (exact) mass is 605 g/mol. The van der Waals surface area contributed by atoms with Crippen molar-refractivity contribution in [2.24, 2.45) is 16.8 Å². The molecule has 3 heterocycles. The highest BCUT2D eigenvalue weighted by molar-refractivity contribution is 5.84. The minimum absolute atomic E-state index is 0.00254. The van der Waals surface area contributed by atoms with Gasteiger partial charge in [-0.2, -0.15) is 5.10 Å². The number of alkyl halides is 2. The van der Waals surface area contributed by atoms with Crippen LogP contribution in [0.2, 0.25) is 0 Å². The molecule has 2 aliphatic carbocycles. The molecule has 44 heavy (non-hydrogen) atoms. The number of nitrogens with one attached hydrogen (secondary N) is 2. The Bertz CT molecular complexity index is 1740. The molecule has 12 heteroatoms. The minimum atomic E-state index is -2.75. The van der Waals surface area contributed by atoms with Crippen LogP contribution in [0.3, 0.4) is 0 Å². The quantitative estimate of drug-likeness (QED) is 0.159. The summed E-state index contributed by atoms with van der Waals surface area (Å²) in [6.45, 7) is 7.22. The van der Waals surface area contributed by atoms with Crippen molar-refractivity contribution in [1.29, 1.82) is 0 Å². The molecule has 1 amide bonds. The number of aromatic nitrogens is 5. The highest BCUT2D eigenvalue weighted by Gasteiger charge is 2.53. The second-order valence-electron chi connectivity index (χ2n) is 11.5. The molecule has 0 radical (unpaired) electrons. The maximum absolute atomic E-state index is 14.2. The largest absolute Gasteiger partial charge is 0.346 e. The Morgan fingerprint density at radius 3 is 2.75 bits per heavy atom. The normalized spacial score (nSPS) is 19.8. The molecule has 2 aliphatic rings. The van der Waals surface area contributed by atoms with Crippen LogP contribution in [-0.4, -0.2) is 37.4 Å². The summed E-state index contributed by atoms with van der Waals surface area (Å²) in [5.74, 6) is -0.594. The summed E-state index contributed by atoms with van der Waals surface area (Å²) < 4.78 is 57.6. The van der Waals surface area contributed by atoms with Crippen LogP contribution >= 0.6 is 0 Å². The van der Waals surface area contributed by atoms with Gasteiger partial charge in [-0.3, -0.25) is 9.48 Å². The Morgan fingerprint density at radius 2 is 2.02 bits per heavy atom. The number of amides is 1. The van der Waals surface area contributed by atoms with E-state index in [1.54, 1.807) is 12.4 Å². The van der Waals surface area contributed by atoms with E-state index >= 15 is 0 Å². The first-order valence-corrected chi connectivity index (χ1v) is 14.4. The maximum Gasteiger partial charge on any atom is 0.282 e. The summed E-state index contributed by atoms with van der Waals surface area (Å²) in [7, 11) is 0. The van der Waals surface area contributed by atoms with Crippen LogP contribution in [0.4, 0.5) is 23.4 Å². The maximum atomic E-state index is 14.2. The van der Waals surface area contributed by atoms with E-state index in [9.17, 15) is 22.4 Å². The predicted octanol–water partition coefficient (Wildman–Crippen LogP) is 6.51. The molecule has 4 aromatic rings. The van der Waals surface area contributed by atoms with Crippen molar-refractivity contribution in [3.05, 3.63) is 94.0 Å². The molecule has 6 rings (SSSR count). The minimum Gasteiger partial charge on any atom is -0.346 e. The third kappa shape index (κ3) is 5.68. The molecule has 1 fully saturated rings. The third-order valence-corrected chi connectivity index (χ3v) is 8.71. The van der Waals surface area contributed by atoms with Crippen molar-refractivity contribution >= 4 is 30.1 Å². The van der Waals surface area contributed by atoms with E-state index in [0.29, 0.717) is 52.2 Å². The van der Waals surface area contributed by atoms with Gasteiger partial charge in [-0.15, -0.1) is 0 Å². The van der Waals surface area contributed by atoms with E-state index in [0.717, 1.165) is 23.6 Å². The SMILES string of the molecule is C=Nc1[nH]ccc1/C=C(\C)c1cncnc1[C@H](Cc1cc(F)cc(F)c1)NC(=O)Cn1nc(C(F)F)c2c1[C@@H]1[C@H](C)[C@@H]1CC2. The van der Waals surface area contributed by atoms with E-state index in [-0.39, 0.29) is 24.6 Å². The van der Waals surface area contributed by atoms with Gasteiger partial charge >= 0.3 is 0 Å². The average molecular weight is 606 g/mol. The lowest BCUT2D eigenvalue weighted by Crippen LogP contribution is -2.34. The summed E-state index contributed by atoms with van der Waals surface area (Å²) in [5.41, 5.74) is 3.81. The molecule has 0 aliphatic heterocycles. The fourth-order valence-corrected chi connectivity index (χ4v) is 6.62. The van der Waals surface area contributed by atoms with Gasteiger partial charge in [-0.05, 0) is 80.2 Å². The summed E-state index contributed by atoms with van der Waals surface area (Å²) in [6, 6.07) is 4.15. The van der Waals surface area contributed by atoms with E-state index in [1.807, 2.05) is 19.1 Å². The molecule has 4 atom stereocenters. The van der Waals surface area contributed by atoms with Crippen molar-refractivity contribution in [1.82, 2.24) is 30.0 Å². The van der Waals surface area contributed by atoms with Gasteiger partial charge in [0.2, 0.25) is 5.91 Å². The van der Waals surface area contributed by atoms with Crippen molar-refractivity contribution in [3.63, 3.8) is 0 Å². The number of aliphatic imine (C=N–C) groups is 1. The lowest BCUT2D eigenvalue weighted by Gasteiger charge is -2.22. The van der Waals surface area contributed by atoms with Gasteiger partial charge in [0.1, 0.15) is 36.0 Å². The number of rotatable bonds is 10. The van der Waals surface area contributed by atoms with Crippen molar-refractivity contribution in [2.45, 2.75) is 58.0 Å². The number of aromatic amines is 1. The summed E-state index contributed by atoms with van der Waals surface area (Å²) in [4.78, 5) is 29.2. The molecule has 0 spiro atoms. The van der Waals surface area contributed by atoms with Crippen molar-refractivity contribution < 1.29 is 22.4 Å². The topological polar surface area (TPSA) is 101 Å². The lowest BCUT2D eigenvalue weighted by atomic mass is 9.95. The summed E-state index contributed by atoms with van der Waals surface area (Å²) in [6.07, 6.45) is 5.12. The van der Waals surface area contributed by atoms with Crippen molar-refractivity contribution in [2.75, 3.05) is 0 Å². The highest BCUT2D eigenvalue weighted by atomic mass is 19.3. The van der Waals surface area contributed by atoms with Gasteiger partial charge in [-0.25, -0.2) is 32.5 Å². The second-order valence-corrected chi connectivity index (χ2v) is 11.5. The zero-order valence-corrected chi connectivity index (χ0v) is 24.2. The number of carbonyl (C=O) groups is 1. The molecule has 0 bridgehead atoms. The number of hydrogen-bond acceptors (Lipinski definition) is 5. The van der Waals surface area contributed by atoms with E-state index in [4.69, 9.17) is 0 Å². The molecule has 3 aromatic heterocycles. The Balaban J connectivity index is 1.34. The molecular formula is C32H31F4N7O. The number of H-pyrrole nitrogens is 1.